The monoisotopic (exact) mass is 285 g/mol. The van der Waals surface area contributed by atoms with Gasteiger partial charge in [-0.25, -0.2) is 4.98 Å². The summed E-state index contributed by atoms with van der Waals surface area (Å²) in [6.45, 7) is 0.471. The molecule has 0 aliphatic carbocycles. The number of aromatic nitrogens is 3. The fourth-order valence-electron chi connectivity index (χ4n) is 1.64. The number of hydrogen-bond acceptors (Lipinski definition) is 4. The maximum absolute atomic E-state index is 11.6. The van der Waals surface area contributed by atoms with Crippen molar-refractivity contribution < 1.29 is 9.59 Å². The average Bonchev–Trinajstić information content (AvgIpc) is 2.99. The summed E-state index contributed by atoms with van der Waals surface area (Å²) in [7, 11) is 0. The highest BCUT2D eigenvalue weighted by molar-refractivity contribution is 5.94. The highest BCUT2D eigenvalue weighted by atomic mass is 16.1. The molecule has 7 heteroatoms. The number of nitrogens with one attached hydrogen (secondary N) is 2. The highest BCUT2D eigenvalue weighted by Gasteiger charge is 2.00. The van der Waals surface area contributed by atoms with Gasteiger partial charge in [0.1, 0.15) is 12.2 Å². The van der Waals surface area contributed by atoms with Gasteiger partial charge in [-0.15, -0.1) is 0 Å². The Bertz CT molecular complexity index is 632. The molecule has 0 bridgehead atoms. The highest BCUT2D eigenvalue weighted by Crippen LogP contribution is 2.05. The zero-order chi connectivity index (χ0) is 15.1. The first kappa shape index (κ1) is 14.4. The molecule has 0 radical (unpaired) electrons. The van der Waals surface area contributed by atoms with Crippen LogP contribution >= 0.6 is 0 Å². The number of carbonyl (C=O) groups excluding carboxylic acids is 2. The van der Waals surface area contributed by atoms with Crippen molar-refractivity contribution in [3.63, 3.8) is 0 Å². The van der Waals surface area contributed by atoms with E-state index in [2.05, 4.69) is 20.5 Å². The quantitative estimate of drug-likeness (QED) is 0.661. The third-order valence-electron chi connectivity index (χ3n) is 2.75. The fourth-order valence-corrected chi connectivity index (χ4v) is 1.64. The Labute approximate surface area is 121 Å². The van der Waals surface area contributed by atoms with Crippen molar-refractivity contribution in [2.45, 2.75) is 6.42 Å². The van der Waals surface area contributed by atoms with E-state index in [9.17, 15) is 9.59 Å². The van der Waals surface area contributed by atoms with Crippen molar-refractivity contribution in [1.29, 1.82) is 0 Å². The fraction of sp³-hybridized carbons (Fsp3) is 0.143. The van der Waals surface area contributed by atoms with Crippen LogP contribution in [0.1, 0.15) is 21.7 Å². The van der Waals surface area contributed by atoms with E-state index in [0.29, 0.717) is 18.5 Å². The number of H-pyrrole nitrogens is 1. The molecule has 0 saturated carbocycles. The molecule has 0 saturated heterocycles. The molecular weight excluding hydrogens is 270 g/mol. The van der Waals surface area contributed by atoms with E-state index in [1.54, 1.807) is 30.3 Å². The maximum Gasteiger partial charge on any atom is 0.248 e. The van der Waals surface area contributed by atoms with Gasteiger partial charge in [-0.2, -0.15) is 5.10 Å². The van der Waals surface area contributed by atoms with Crippen LogP contribution in [0, 0.1) is 0 Å². The molecule has 1 heterocycles. The molecule has 0 atom stereocenters. The van der Waals surface area contributed by atoms with Gasteiger partial charge >= 0.3 is 0 Å². The smallest absolute Gasteiger partial charge is 0.248 e. The minimum atomic E-state index is -0.476. The van der Waals surface area contributed by atoms with Gasteiger partial charge in [-0.3, -0.25) is 14.7 Å². The van der Waals surface area contributed by atoms with Gasteiger partial charge < -0.3 is 11.1 Å². The molecule has 0 fully saturated rings. The van der Waals surface area contributed by atoms with Crippen LogP contribution < -0.4 is 11.1 Å². The standard InChI is InChI=1S/C14H15N5O2/c15-14(21)11-4-1-10(2-5-11)3-6-13(20)16-8-7-12-17-9-18-19-12/h1-6,9H,7-8H2,(H2,15,21)(H,16,20)(H,17,18,19). The predicted octanol–water partition coefficient (Wildman–Crippen LogP) is 0.276. The van der Waals surface area contributed by atoms with E-state index < -0.39 is 5.91 Å². The van der Waals surface area contributed by atoms with E-state index in [0.717, 1.165) is 11.4 Å². The van der Waals surface area contributed by atoms with E-state index >= 15 is 0 Å². The maximum atomic E-state index is 11.6. The third kappa shape index (κ3) is 4.57. The first-order valence-corrected chi connectivity index (χ1v) is 6.35. The van der Waals surface area contributed by atoms with E-state index in [1.807, 2.05) is 0 Å². The summed E-state index contributed by atoms with van der Waals surface area (Å²) in [4.78, 5) is 26.5. The summed E-state index contributed by atoms with van der Waals surface area (Å²) in [5.74, 6) is 0.0468. The summed E-state index contributed by atoms with van der Waals surface area (Å²) < 4.78 is 0. The van der Waals surface area contributed by atoms with E-state index in [-0.39, 0.29) is 5.91 Å². The zero-order valence-electron chi connectivity index (χ0n) is 11.2. The zero-order valence-corrected chi connectivity index (χ0v) is 11.2. The number of rotatable bonds is 6. The summed E-state index contributed by atoms with van der Waals surface area (Å²) in [5.41, 5.74) is 6.39. The number of nitrogens with zero attached hydrogens (tertiary/aromatic N) is 2. The van der Waals surface area contributed by atoms with Gasteiger partial charge in [-0.1, -0.05) is 12.1 Å². The topological polar surface area (TPSA) is 114 Å². The lowest BCUT2D eigenvalue weighted by Crippen LogP contribution is -2.23. The molecule has 0 spiro atoms. The van der Waals surface area contributed by atoms with Crippen LogP contribution in [0.4, 0.5) is 0 Å². The van der Waals surface area contributed by atoms with Gasteiger partial charge in [0.25, 0.3) is 0 Å². The van der Waals surface area contributed by atoms with Gasteiger partial charge in [0.2, 0.25) is 11.8 Å². The molecule has 0 aliphatic rings. The predicted molar refractivity (Wildman–Crippen MR) is 77.1 cm³/mol. The van der Waals surface area contributed by atoms with Gasteiger partial charge in [-0.05, 0) is 23.8 Å². The lowest BCUT2D eigenvalue weighted by atomic mass is 10.1. The van der Waals surface area contributed by atoms with E-state index in [4.69, 9.17) is 5.73 Å². The van der Waals surface area contributed by atoms with Crippen molar-refractivity contribution in [2.24, 2.45) is 5.73 Å². The average molecular weight is 285 g/mol. The summed E-state index contributed by atoms with van der Waals surface area (Å²) in [6.07, 6.45) is 5.11. The van der Waals surface area contributed by atoms with Gasteiger partial charge in [0, 0.05) is 24.6 Å². The molecule has 2 aromatic rings. The lowest BCUT2D eigenvalue weighted by Gasteiger charge is -2.00. The molecule has 7 nitrogen and oxygen atoms in total. The Morgan fingerprint density at radius 2 is 2.05 bits per heavy atom. The molecule has 1 aromatic carbocycles. The molecular formula is C14H15N5O2. The van der Waals surface area contributed by atoms with Crippen molar-refractivity contribution in [1.82, 2.24) is 20.5 Å². The van der Waals surface area contributed by atoms with Crippen molar-refractivity contribution in [3.8, 4) is 0 Å². The van der Waals surface area contributed by atoms with Crippen LogP contribution in [0.3, 0.4) is 0 Å². The normalized spacial score (nSPS) is 10.7. The number of amides is 2. The number of nitrogens with two attached hydrogens (primary N) is 1. The minimum absolute atomic E-state index is 0.200. The van der Waals surface area contributed by atoms with Gasteiger partial charge in [0.05, 0.1) is 0 Å². The summed E-state index contributed by atoms with van der Waals surface area (Å²) in [5, 5.41) is 9.17. The third-order valence-corrected chi connectivity index (χ3v) is 2.75. The molecule has 108 valence electrons. The van der Waals surface area contributed by atoms with Gasteiger partial charge in [0.15, 0.2) is 0 Å². The largest absolute Gasteiger partial charge is 0.366 e. The number of hydrogen-bond donors (Lipinski definition) is 3. The van der Waals surface area contributed by atoms with Crippen LogP contribution in [0.25, 0.3) is 6.08 Å². The summed E-state index contributed by atoms with van der Waals surface area (Å²) in [6, 6.07) is 6.67. The van der Waals surface area contributed by atoms with Crippen LogP contribution in [-0.2, 0) is 11.2 Å². The molecule has 2 amide bonds. The minimum Gasteiger partial charge on any atom is -0.366 e. The van der Waals surface area contributed by atoms with Crippen molar-refractivity contribution in [3.05, 3.63) is 53.6 Å². The molecule has 2 rings (SSSR count). The molecule has 21 heavy (non-hydrogen) atoms. The van der Waals surface area contributed by atoms with Crippen LogP contribution in [-0.4, -0.2) is 33.5 Å². The second kappa shape index (κ2) is 6.99. The Morgan fingerprint density at radius 3 is 2.67 bits per heavy atom. The number of aromatic amines is 1. The Morgan fingerprint density at radius 1 is 1.29 bits per heavy atom. The first-order valence-electron chi connectivity index (χ1n) is 6.35. The molecule has 0 aliphatic heterocycles. The number of carbonyl (C=O) groups is 2. The van der Waals surface area contributed by atoms with Crippen LogP contribution in [0.5, 0.6) is 0 Å². The Balaban J connectivity index is 1.80. The second-order valence-electron chi connectivity index (χ2n) is 4.29. The van der Waals surface area contributed by atoms with E-state index in [1.165, 1.54) is 12.4 Å². The molecule has 4 N–H and O–H groups in total. The first-order chi connectivity index (χ1) is 10.1. The van der Waals surface area contributed by atoms with Crippen molar-refractivity contribution >= 4 is 17.9 Å². The van der Waals surface area contributed by atoms with Crippen LogP contribution in [0.2, 0.25) is 0 Å². The number of benzene rings is 1. The Kier molecular flexibility index (Phi) is 4.81. The second-order valence-corrected chi connectivity index (χ2v) is 4.29. The Hall–Kier alpha value is -2.96. The van der Waals surface area contributed by atoms with Crippen molar-refractivity contribution in [2.75, 3.05) is 6.54 Å². The lowest BCUT2D eigenvalue weighted by molar-refractivity contribution is -0.116. The molecule has 1 aromatic heterocycles. The SMILES string of the molecule is NC(=O)c1ccc(C=CC(=O)NCCc2ncn[nH]2)cc1. The number of primary amides is 1. The molecule has 0 unspecified atom stereocenters. The summed E-state index contributed by atoms with van der Waals surface area (Å²) >= 11 is 0. The van der Waals surface area contributed by atoms with Crippen LogP contribution in [0.15, 0.2) is 36.7 Å².